The van der Waals surface area contributed by atoms with Crippen molar-refractivity contribution in [3.8, 4) is 0 Å². The number of amides is 2. The average molecular weight is 339 g/mol. The van der Waals surface area contributed by atoms with Crippen molar-refractivity contribution < 1.29 is 14.3 Å². The van der Waals surface area contributed by atoms with Gasteiger partial charge in [0.15, 0.2) is 0 Å². The Balaban J connectivity index is 1.79. The highest BCUT2D eigenvalue weighted by atomic mass is 32.1. The summed E-state index contributed by atoms with van der Waals surface area (Å²) in [5.41, 5.74) is 0. The predicted octanol–water partition coefficient (Wildman–Crippen LogP) is 0.951. The van der Waals surface area contributed by atoms with Crippen molar-refractivity contribution >= 4 is 23.2 Å². The lowest BCUT2D eigenvalue weighted by Crippen LogP contribution is -2.51. The van der Waals surface area contributed by atoms with Crippen molar-refractivity contribution in [2.24, 2.45) is 5.92 Å². The molecule has 2 amide bonds. The van der Waals surface area contributed by atoms with Crippen LogP contribution in [0.25, 0.3) is 0 Å². The highest BCUT2D eigenvalue weighted by molar-refractivity contribution is 7.12. The van der Waals surface area contributed by atoms with E-state index in [1.807, 2.05) is 25.3 Å². The van der Waals surface area contributed by atoms with Crippen LogP contribution in [0, 0.1) is 5.92 Å². The summed E-state index contributed by atoms with van der Waals surface area (Å²) in [6.07, 6.45) is 0. The molecule has 1 aromatic rings. The third kappa shape index (κ3) is 5.60. The highest BCUT2D eigenvalue weighted by Crippen LogP contribution is 2.10. The number of thiophene rings is 1. The van der Waals surface area contributed by atoms with E-state index in [1.54, 1.807) is 6.07 Å². The van der Waals surface area contributed by atoms with Gasteiger partial charge in [0.25, 0.3) is 5.91 Å². The first kappa shape index (κ1) is 17.9. The number of nitrogens with zero attached hydrogens (tertiary/aromatic N) is 1. The molecule has 0 aromatic carbocycles. The molecule has 2 N–H and O–H groups in total. The molecule has 1 atom stereocenters. The SMILES string of the molecule is CC(C)C(NC(=O)c1cccs1)C(=O)NCCN1CCOCC1. The van der Waals surface area contributed by atoms with Crippen LogP contribution in [-0.4, -0.2) is 62.1 Å². The van der Waals surface area contributed by atoms with E-state index in [2.05, 4.69) is 15.5 Å². The summed E-state index contributed by atoms with van der Waals surface area (Å²) in [6, 6.07) is 3.06. The average Bonchev–Trinajstić information content (AvgIpc) is 3.07. The fourth-order valence-electron chi connectivity index (χ4n) is 2.43. The Morgan fingerprint density at radius 3 is 2.70 bits per heavy atom. The summed E-state index contributed by atoms with van der Waals surface area (Å²) in [5, 5.41) is 7.61. The molecular formula is C16H25N3O3S. The Labute approximate surface area is 141 Å². The zero-order chi connectivity index (χ0) is 16.7. The number of ether oxygens (including phenoxy) is 1. The lowest BCUT2D eigenvalue weighted by molar-refractivity contribution is -0.124. The fourth-order valence-corrected chi connectivity index (χ4v) is 3.05. The van der Waals surface area contributed by atoms with Gasteiger partial charge in [0.1, 0.15) is 6.04 Å². The number of morpholine rings is 1. The number of hydrogen-bond acceptors (Lipinski definition) is 5. The van der Waals surface area contributed by atoms with Gasteiger partial charge in [-0.05, 0) is 17.4 Å². The number of carbonyl (C=O) groups is 2. The molecule has 1 aromatic heterocycles. The summed E-state index contributed by atoms with van der Waals surface area (Å²) in [7, 11) is 0. The zero-order valence-electron chi connectivity index (χ0n) is 13.7. The first-order chi connectivity index (χ1) is 11.1. The molecule has 7 heteroatoms. The second-order valence-corrected chi connectivity index (χ2v) is 6.87. The van der Waals surface area contributed by atoms with Crippen LogP contribution < -0.4 is 10.6 Å². The van der Waals surface area contributed by atoms with Crippen molar-refractivity contribution in [1.29, 1.82) is 0 Å². The second kappa shape index (κ2) is 9.00. The maximum Gasteiger partial charge on any atom is 0.262 e. The largest absolute Gasteiger partial charge is 0.379 e. The predicted molar refractivity (Wildman–Crippen MR) is 90.7 cm³/mol. The lowest BCUT2D eigenvalue weighted by Gasteiger charge is -2.27. The Morgan fingerprint density at radius 1 is 1.35 bits per heavy atom. The van der Waals surface area contributed by atoms with Crippen molar-refractivity contribution in [3.05, 3.63) is 22.4 Å². The van der Waals surface area contributed by atoms with Gasteiger partial charge in [0.2, 0.25) is 5.91 Å². The minimum atomic E-state index is -0.519. The molecule has 2 rings (SSSR count). The first-order valence-corrected chi connectivity index (χ1v) is 8.88. The maximum atomic E-state index is 12.4. The van der Waals surface area contributed by atoms with Gasteiger partial charge in [-0.1, -0.05) is 19.9 Å². The number of hydrogen-bond donors (Lipinski definition) is 2. The summed E-state index contributed by atoms with van der Waals surface area (Å²) >= 11 is 1.37. The number of carbonyl (C=O) groups excluding carboxylic acids is 2. The van der Waals surface area contributed by atoms with Crippen molar-refractivity contribution in [3.63, 3.8) is 0 Å². The molecule has 128 valence electrons. The number of rotatable bonds is 7. The summed E-state index contributed by atoms with van der Waals surface area (Å²) < 4.78 is 5.30. The molecule has 1 aliphatic heterocycles. The fraction of sp³-hybridized carbons (Fsp3) is 0.625. The van der Waals surface area contributed by atoms with Crippen LogP contribution in [0.5, 0.6) is 0 Å². The van der Waals surface area contributed by atoms with Crippen molar-refractivity contribution in [1.82, 2.24) is 15.5 Å². The molecule has 0 radical (unpaired) electrons. The van der Waals surface area contributed by atoms with Gasteiger partial charge in [0, 0.05) is 26.2 Å². The van der Waals surface area contributed by atoms with Crippen molar-refractivity contribution in [2.45, 2.75) is 19.9 Å². The van der Waals surface area contributed by atoms with E-state index in [1.165, 1.54) is 11.3 Å². The quantitative estimate of drug-likeness (QED) is 0.776. The molecule has 1 fully saturated rings. The van der Waals surface area contributed by atoms with Crippen molar-refractivity contribution in [2.75, 3.05) is 39.4 Å². The molecule has 0 spiro atoms. The van der Waals surface area contributed by atoms with E-state index in [9.17, 15) is 9.59 Å². The van der Waals surface area contributed by atoms with Gasteiger partial charge in [-0.15, -0.1) is 11.3 Å². The van der Waals surface area contributed by atoms with Crippen LogP contribution in [0.4, 0.5) is 0 Å². The normalized spacial score (nSPS) is 17.0. The summed E-state index contributed by atoms with van der Waals surface area (Å²) in [6.45, 7) is 8.55. The maximum absolute atomic E-state index is 12.4. The van der Waals surface area contributed by atoms with E-state index >= 15 is 0 Å². The van der Waals surface area contributed by atoms with E-state index in [4.69, 9.17) is 4.74 Å². The van der Waals surface area contributed by atoms with Gasteiger partial charge in [-0.3, -0.25) is 14.5 Å². The molecule has 23 heavy (non-hydrogen) atoms. The molecule has 0 saturated carbocycles. The van der Waals surface area contributed by atoms with Gasteiger partial charge in [-0.2, -0.15) is 0 Å². The van der Waals surface area contributed by atoms with Crippen LogP contribution >= 0.6 is 11.3 Å². The summed E-state index contributed by atoms with van der Waals surface area (Å²) in [4.78, 5) is 27.4. The molecule has 1 unspecified atom stereocenters. The topological polar surface area (TPSA) is 70.7 Å². The van der Waals surface area contributed by atoms with E-state index in [-0.39, 0.29) is 17.7 Å². The summed E-state index contributed by atoms with van der Waals surface area (Å²) in [5.74, 6) is -0.289. The Bertz CT molecular complexity index is 499. The van der Waals surface area contributed by atoms with Crippen LogP contribution in [0.3, 0.4) is 0 Å². The Kier molecular flexibility index (Phi) is 7.01. The Hall–Kier alpha value is -1.44. The van der Waals surface area contributed by atoms with Crippen LogP contribution in [0.1, 0.15) is 23.5 Å². The van der Waals surface area contributed by atoms with Crippen LogP contribution in [0.15, 0.2) is 17.5 Å². The third-order valence-electron chi connectivity index (χ3n) is 3.81. The molecule has 6 nitrogen and oxygen atoms in total. The molecule has 0 bridgehead atoms. The van der Waals surface area contributed by atoms with E-state index in [0.717, 1.165) is 32.8 Å². The minimum Gasteiger partial charge on any atom is -0.379 e. The van der Waals surface area contributed by atoms with Gasteiger partial charge < -0.3 is 15.4 Å². The monoisotopic (exact) mass is 339 g/mol. The number of nitrogens with one attached hydrogen (secondary N) is 2. The van der Waals surface area contributed by atoms with Gasteiger partial charge >= 0.3 is 0 Å². The smallest absolute Gasteiger partial charge is 0.262 e. The molecule has 1 aliphatic rings. The second-order valence-electron chi connectivity index (χ2n) is 5.92. The molecule has 0 aliphatic carbocycles. The molecule has 2 heterocycles. The van der Waals surface area contributed by atoms with Gasteiger partial charge in [-0.25, -0.2) is 0 Å². The van der Waals surface area contributed by atoms with E-state index < -0.39 is 6.04 Å². The molecule has 1 saturated heterocycles. The lowest BCUT2D eigenvalue weighted by atomic mass is 10.0. The Morgan fingerprint density at radius 2 is 2.09 bits per heavy atom. The standard InChI is InChI=1S/C16H25N3O3S/c1-12(2)14(18-15(20)13-4-3-11-23-13)16(21)17-5-6-19-7-9-22-10-8-19/h3-4,11-12,14H,5-10H2,1-2H3,(H,17,21)(H,18,20). The van der Waals surface area contributed by atoms with Gasteiger partial charge in [0.05, 0.1) is 18.1 Å². The van der Waals surface area contributed by atoms with Crippen LogP contribution in [-0.2, 0) is 9.53 Å². The third-order valence-corrected chi connectivity index (χ3v) is 4.68. The van der Waals surface area contributed by atoms with Crippen LogP contribution in [0.2, 0.25) is 0 Å². The zero-order valence-corrected chi connectivity index (χ0v) is 14.5. The molecular weight excluding hydrogens is 314 g/mol. The minimum absolute atomic E-state index is 0.0299. The highest BCUT2D eigenvalue weighted by Gasteiger charge is 2.24. The van der Waals surface area contributed by atoms with E-state index in [0.29, 0.717) is 11.4 Å². The first-order valence-electron chi connectivity index (χ1n) is 8.00.